The Kier molecular flexibility index (Phi) is 2.36. The van der Waals surface area contributed by atoms with Crippen LogP contribution in [0.5, 0.6) is 5.75 Å². The summed E-state index contributed by atoms with van der Waals surface area (Å²) in [5.74, 6) is 0.121. The van der Waals surface area contributed by atoms with E-state index in [0.29, 0.717) is 0 Å². The fourth-order valence-electron chi connectivity index (χ4n) is 1.14. The van der Waals surface area contributed by atoms with Crippen molar-refractivity contribution in [2.45, 2.75) is 6.92 Å². The minimum atomic E-state index is -0.512. The second kappa shape index (κ2) is 3.30. The molecule has 1 rings (SSSR count). The van der Waals surface area contributed by atoms with Crippen molar-refractivity contribution in [3.63, 3.8) is 0 Å². The van der Waals surface area contributed by atoms with Gasteiger partial charge in [0.25, 0.3) is 0 Å². The number of aryl methyl sites for hydroxylation is 1. The van der Waals surface area contributed by atoms with Crippen LogP contribution in [0.25, 0.3) is 0 Å². The zero-order valence-corrected chi connectivity index (χ0v) is 7.40. The Morgan fingerprint density at radius 1 is 1.54 bits per heavy atom. The van der Waals surface area contributed by atoms with Crippen molar-refractivity contribution in [2.24, 2.45) is 0 Å². The lowest BCUT2D eigenvalue weighted by atomic mass is 10.2. The van der Waals surface area contributed by atoms with E-state index >= 15 is 0 Å². The Labute approximate surface area is 75.3 Å². The minimum Gasteiger partial charge on any atom is -0.489 e. The first-order valence-corrected chi connectivity index (χ1v) is 3.64. The van der Waals surface area contributed by atoms with E-state index in [2.05, 4.69) is 0 Å². The summed E-state index contributed by atoms with van der Waals surface area (Å²) < 4.78 is 4.83. The van der Waals surface area contributed by atoms with E-state index in [9.17, 15) is 10.1 Å². The van der Waals surface area contributed by atoms with Gasteiger partial charge in [-0.3, -0.25) is 10.1 Å². The van der Waals surface area contributed by atoms with Crippen molar-refractivity contribution in [1.82, 2.24) is 0 Å². The van der Waals surface area contributed by atoms with Gasteiger partial charge in [-0.25, -0.2) is 0 Å². The molecule has 0 aliphatic carbocycles. The number of anilines is 1. The van der Waals surface area contributed by atoms with E-state index in [4.69, 9.17) is 10.5 Å². The highest BCUT2D eigenvalue weighted by molar-refractivity contribution is 5.65. The van der Waals surface area contributed by atoms with Crippen LogP contribution in [0.3, 0.4) is 0 Å². The second-order valence-corrected chi connectivity index (χ2v) is 2.66. The van der Waals surface area contributed by atoms with Gasteiger partial charge >= 0.3 is 5.69 Å². The van der Waals surface area contributed by atoms with Crippen LogP contribution in [-0.2, 0) is 0 Å². The monoisotopic (exact) mass is 182 g/mol. The van der Waals surface area contributed by atoms with Gasteiger partial charge in [0.2, 0.25) is 5.75 Å². The van der Waals surface area contributed by atoms with Crippen LogP contribution < -0.4 is 10.5 Å². The summed E-state index contributed by atoms with van der Waals surface area (Å²) in [6, 6.07) is 3.06. The van der Waals surface area contributed by atoms with E-state index in [1.54, 1.807) is 13.0 Å². The summed E-state index contributed by atoms with van der Waals surface area (Å²) in [7, 11) is 1.36. The lowest BCUT2D eigenvalue weighted by molar-refractivity contribution is -0.385. The largest absolute Gasteiger partial charge is 0.489 e. The summed E-state index contributed by atoms with van der Waals surface area (Å²) in [5.41, 5.74) is 6.47. The van der Waals surface area contributed by atoms with Crippen LogP contribution in [0, 0.1) is 17.0 Å². The lowest BCUT2D eigenvalue weighted by Crippen LogP contribution is -1.98. The molecule has 0 saturated carbocycles. The molecule has 0 amide bonds. The smallest absolute Gasteiger partial charge is 0.313 e. The van der Waals surface area contributed by atoms with Gasteiger partial charge in [-0.1, -0.05) is 0 Å². The Morgan fingerprint density at radius 2 is 2.15 bits per heavy atom. The third kappa shape index (κ3) is 1.69. The summed E-state index contributed by atoms with van der Waals surface area (Å²) in [6.45, 7) is 1.74. The van der Waals surface area contributed by atoms with Gasteiger partial charge < -0.3 is 10.5 Å². The first-order valence-electron chi connectivity index (χ1n) is 3.64. The SMILES string of the molecule is COc1c(N)cc(C)cc1[N+](=O)[O-]. The van der Waals surface area contributed by atoms with Crippen molar-refractivity contribution in [3.05, 3.63) is 27.8 Å². The highest BCUT2D eigenvalue weighted by Crippen LogP contribution is 2.33. The molecule has 0 aromatic heterocycles. The Balaban J connectivity index is 3.38. The lowest BCUT2D eigenvalue weighted by Gasteiger charge is -2.05. The van der Waals surface area contributed by atoms with Crippen molar-refractivity contribution in [2.75, 3.05) is 12.8 Å². The van der Waals surface area contributed by atoms with Crippen molar-refractivity contribution in [1.29, 1.82) is 0 Å². The van der Waals surface area contributed by atoms with E-state index in [1.807, 2.05) is 0 Å². The van der Waals surface area contributed by atoms with Crippen LogP contribution in [0.2, 0.25) is 0 Å². The number of nitrogens with two attached hydrogens (primary N) is 1. The normalized spacial score (nSPS) is 9.69. The number of methoxy groups -OCH3 is 1. The molecule has 1 aromatic rings. The quantitative estimate of drug-likeness (QED) is 0.427. The molecule has 5 nitrogen and oxygen atoms in total. The molecule has 13 heavy (non-hydrogen) atoms. The number of nitrogens with zero attached hydrogens (tertiary/aromatic N) is 1. The van der Waals surface area contributed by atoms with Crippen LogP contribution in [0.15, 0.2) is 12.1 Å². The van der Waals surface area contributed by atoms with Crippen LogP contribution >= 0.6 is 0 Å². The van der Waals surface area contributed by atoms with Crippen molar-refractivity contribution >= 4 is 11.4 Å². The third-order valence-corrected chi connectivity index (χ3v) is 1.64. The molecule has 0 fully saturated rings. The van der Waals surface area contributed by atoms with Gasteiger partial charge in [-0.2, -0.15) is 0 Å². The molecule has 0 unspecified atom stereocenters. The van der Waals surface area contributed by atoms with E-state index in [-0.39, 0.29) is 17.1 Å². The first kappa shape index (κ1) is 9.31. The fourth-order valence-corrected chi connectivity index (χ4v) is 1.14. The topological polar surface area (TPSA) is 78.4 Å². The fraction of sp³-hybridized carbons (Fsp3) is 0.250. The van der Waals surface area contributed by atoms with Gasteiger partial charge in [0.15, 0.2) is 0 Å². The zero-order valence-electron chi connectivity index (χ0n) is 7.40. The molecule has 1 aromatic carbocycles. The molecule has 5 heteroatoms. The summed E-state index contributed by atoms with van der Waals surface area (Å²) in [4.78, 5) is 10.0. The van der Waals surface area contributed by atoms with Crippen molar-refractivity contribution in [3.8, 4) is 5.75 Å². The molecular formula is C8H10N2O3. The molecule has 2 N–H and O–H groups in total. The summed E-state index contributed by atoms with van der Waals surface area (Å²) in [6.07, 6.45) is 0. The Bertz CT molecular complexity index is 349. The second-order valence-electron chi connectivity index (χ2n) is 2.66. The van der Waals surface area contributed by atoms with Gasteiger partial charge in [0, 0.05) is 6.07 Å². The van der Waals surface area contributed by atoms with Crippen molar-refractivity contribution < 1.29 is 9.66 Å². The van der Waals surface area contributed by atoms with Gasteiger partial charge in [0.05, 0.1) is 17.7 Å². The third-order valence-electron chi connectivity index (χ3n) is 1.64. The number of ether oxygens (including phenoxy) is 1. The van der Waals surface area contributed by atoms with E-state index in [1.165, 1.54) is 13.2 Å². The van der Waals surface area contributed by atoms with Gasteiger partial charge in [-0.15, -0.1) is 0 Å². The highest BCUT2D eigenvalue weighted by Gasteiger charge is 2.17. The molecule has 0 bridgehead atoms. The molecule has 70 valence electrons. The predicted octanol–water partition coefficient (Wildman–Crippen LogP) is 1.49. The maximum Gasteiger partial charge on any atom is 0.313 e. The Hall–Kier alpha value is -1.78. The number of hydrogen-bond donors (Lipinski definition) is 1. The number of hydrogen-bond acceptors (Lipinski definition) is 4. The molecule has 0 saturated heterocycles. The number of rotatable bonds is 2. The average Bonchev–Trinajstić information content (AvgIpc) is 2.02. The number of nitrogen functional groups attached to an aromatic ring is 1. The summed E-state index contributed by atoms with van der Waals surface area (Å²) >= 11 is 0. The van der Waals surface area contributed by atoms with Gasteiger partial charge in [-0.05, 0) is 18.6 Å². The zero-order chi connectivity index (χ0) is 10.0. The number of nitro groups is 1. The molecule has 0 aliphatic heterocycles. The van der Waals surface area contributed by atoms with Gasteiger partial charge in [0.1, 0.15) is 0 Å². The van der Waals surface area contributed by atoms with E-state index < -0.39 is 4.92 Å². The molecule has 0 atom stereocenters. The maximum atomic E-state index is 10.6. The highest BCUT2D eigenvalue weighted by atomic mass is 16.6. The minimum absolute atomic E-state index is 0.0972. The molecular weight excluding hydrogens is 172 g/mol. The number of benzene rings is 1. The Morgan fingerprint density at radius 3 is 2.62 bits per heavy atom. The van der Waals surface area contributed by atoms with Crippen LogP contribution in [0.4, 0.5) is 11.4 Å². The summed E-state index contributed by atoms with van der Waals surface area (Å²) in [5, 5.41) is 10.6. The standard InChI is InChI=1S/C8H10N2O3/c1-5-3-6(9)8(13-2)7(4-5)10(11)12/h3-4H,9H2,1-2H3. The van der Waals surface area contributed by atoms with Crippen LogP contribution in [-0.4, -0.2) is 12.0 Å². The molecule has 0 heterocycles. The number of nitro benzene ring substituents is 1. The molecule has 0 radical (unpaired) electrons. The molecule has 0 aliphatic rings. The average molecular weight is 182 g/mol. The first-order chi connectivity index (χ1) is 6.06. The molecule has 0 spiro atoms. The van der Waals surface area contributed by atoms with E-state index in [0.717, 1.165) is 5.56 Å². The van der Waals surface area contributed by atoms with Crippen LogP contribution in [0.1, 0.15) is 5.56 Å². The predicted molar refractivity (Wildman–Crippen MR) is 48.8 cm³/mol. The maximum absolute atomic E-state index is 10.6.